The molecule has 34 heavy (non-hydrogen) atoms. The summed E-state index contributed by atoms with van der Waals surface area (Å²) >= 11 is 0. The Morgan fingerprint density at radius 3 is 1.71 bits per heavy atom. The number of benzene rings is 4. The third-order valence-electron chi connectivity index (χ3n) is 5.11. The Bertz CT molecular complexity index is 1580. The first-order chi connectivity index (χ1) is 16.4. The van der Waals surface area contributed by atoms with E-state index in [4.69, 9.17) is 40.2 Å². The molecule has 0 amide bonds. The first-order valence-electron chi connectivity index (χ1n) is 9.92. The van der Waals surface area contributed by atoms with Crippen LogP contribution >= 0.6 is 0 Å². The minimum atomic E-state index is -0.145. The zero-order valence-corrected chi connectivity index (χ0v) is 17.8. The van der Waals surface area contributed by atoms with Crippen LogP contribution < -0.4 is 20.9 Å². The molecule has 0 aromatic heterocycles. The van der Waals surface area contributed by atoms with Crippen molar-refractivity contribution in [1.29, 1.82) is 0 Å². The topological polar surface area (TPSA) is 111 Å². The van der Waals surface area contributed by atoms with Gasteiger partial charge >= 0.3 is 0 Å². The third-order valence-corrected chi connectivity index (χ3v) is 5.11. The molecule has 0 aliphatic carbocycles. The van der Waals surface area contributed by atoms with Gasteiger partial charge in [0.1, 0.15) is 28.7 Å². The van der Waals surface area contributed by atoms with Crippen LogP contribution in [0.25, 0.3) is 10.8 Å². The number of phenols is 2. The van der Waals surface area contributed by atoms with Crippen molar-refractivity contribution in [2.24, 2.45) is 0 Å². The van der Waals surface area contributed by atoms with Crippen LogP contribution in [0.5, 0.6) is 34.5 Å². The number of nitrogen functional groups attached to an aromatic ring is 2. The number of anilines is 2. The summed E-state index contributed by atoms with van der Waals surface area (Å²) in [5, 5.41) is 20.9. The van der Waals surface area contributed by atoms with E-state index in [9.17, 15) is 10.2 Å². The molecule has 0 saturated carbocycles. The van der Waals surface area contributed by atoms with E-state index in [1.807, 2.05) is 0 Å². The standard InChI is InChI=1S/C28H18N2O4/c1-4-16-7-12-25(33-19-8-10-21(29)23(31)14-19)26-17(5-2)13-18(6-3)28(27(16)26)34-20-9-11-22(30)24(32)15-20/h1-3,7-15,31-32H,29-30H2. The van der Waals surface area contributed by atoms with Gasteiger partial charge in [0.25, 0.3) is 0 Å². The van der Waals surface area contributed by atoms with E-state index in [2.05, 4.69) is 17.8 Å². The fourth-order valence-electron chi connectivity index (χ4n) is 3.45. The van der Waals surface area contributed by atoms with Gasteiger partial charge in [0.05, 0.1) is 16.9 Å². The van der Waals surface area contributed by atoms with Crippen molar-refractivity contribution in [1.82, 2.24) is 0 Å². The summed E-state index contributed by atoms with van der Waals surface area (Å²) in [4.78, 5) is 0. The Morgan fingerprint density at radius 2 is 1.18 bits per heavy atom. The molecule has 4 rings (SSSR count). The van der Waals surface area contributed by atoms with Gasteiger partial charge in [0.15, 0.2) is 5.75 Å². The number of hydrogen-bond acceptors (Lipinski definition) is 6. The Morgan fingerprint density at radius 1 is 0.618 bits per heavy atom. The molecule has 0 fully saturated rings. The van der Waals surface area contributed by atoms with Gasteiger partial charge < -0.3 is 31.2 Å². The van der Waals surface area contributed by atoms with Crippen LogP contribution in [0.2, 0.25) is 0 Å². The van der Waals surface area contributed by atoms with Crippen LogP contribution in [0, 0.1) is 37.0 Å². The zero-order chi connectivity index (χ0) is 24.4. The van der Waals surface area contributed by atoms with Crippen molar-refractivity contribution in [2.45, 2.75) is 0 Å². The number of phenolic OH excluding ortho intramolecular Hbond substituents is 2. The molecular weight excluding hydrogens is 428 g/mol. The summed E-state index contributed by atoms with van der Waals surface area (Å²) in [6.07, 6.45) is 17.4. The van der Waals surface area contributed by atoms with E-state index in [1.54, 1.807) is 30.3 Å². The summed E-state index contributed by atoms with van der Waals surface area (Å²) < 4.78 is 12.1. The number of ether oxygens (including phenoxy) is 2. The molecule has 4 aromatic rings. The molecule has 0 aliphatic heterocycles. The molecular formula is C28H18N2O4. The van der Waals surface area contributed by atoms with Crippen molar-refractivity contribution in [2.75, 3.05) is 11.5 Å². The lowest BCUT2D eigenvalue weighted by atomic mass is 9.95. The van der Waals surface area contributed by atoms with E-state index in [0.29, 0.717) is 39.0 Å². The highest BCUT2D eigenvalue weighted by molar-refractivity contribution is 6.03. The molecule has 0 aliphatic rings. The largest absolute Gasteiger partial charge is 0.506 e. The minimum absolute atomic E-state index is 0.124. The molecule has 0 radical (unpaired) electrons. The summed E-state index contributed by atoms with van der Waals surface area (Å²) in [7, 11) is 0. The first-order valence-corrected chi connectivity index (χ1v) is 9.92. The lowest BCUT2D eigenvalue weighted by molar-refractivity contribution is 0.456. The highest BCUT2D eigenvalue weighted by Gasteiger charge is 2.20. The number of aromatic hydroxyl groups is 2. The molecule has 0 saturated heterocycles. The maximum Gasteiger partial charge on any atom is 0.152 e. The Hall–Kier alpha value is -5.38. The van der Waals surface area contributed by atoms with Gasteiger partial charge in [0.2, 0.25) is 0 Å². The van der Waals surface area contributed by atoms with Crippen LogP contribution in [0.4, 0.5) is 11.4 Å². The highest BCUT2D eigenvalue weighted by Crippen LogP contribution is 2.43. The molecule has 6 heteroatoms. The van der Waals surface area contributed by atoms with E-state index in [0.717, 1.165) is 0 Å². The molecule has 0 bridgehead atoms. The fraction of sp³-hybridized carbons (Fsp3) is 0. The summed E-state index contributed by atoms with van der Waals surface area (Å²) in [5.74, 6) is 8.80. The average Bonchev–Trinajstić information content (AvgIpc) is 2.83. The summed E-state index contributed by atoms with van der Waals surface area (Å²) in [5.41, 5.74) is 13.0. The van der Waals surface area contributed by atoms with Crippen LogP contribution in [0.15, 0.2) is 54.6 Å². The van der Waals surface area contributed by atoms with Gasteiger partial charge in [-0.1, -0.05) is 17.8 Å². The molecule has 0 unspecified atom stereocenters. The smallest absolute Gasteiger partial charge is 0.152 e. The normalized spacial score (nSPS) is 10.1. The fourth-order valence-corrected chi connectivity index (χ4v) is 3.45. The first kappa shape index (κ1) is 21.8. The molecule has 164 valence electrons. The predicted molar refractivity (Wildman–Crippen MR) is 133 cm³/mol. The monoisotopic (exact) mass is 446 g/mol. The van der Waals surface area contributed by atoms with Gasteiger partial charge in [-0.25, -0.2) is 0 Å². The van der Waals surface area contributed by atoms with Gasteiger partial charge in [-0.3, -0.25) is 0 Å². The Balaban J connectivity index is 1.99. The van der Waals surface area contributed by atoms with E-state index < -0.39 is 0 Å². The van der Waals surface area contributed by atoms with Gasteiger partial charge in [0, 0.05) is 34.0 Å². The second kappa shape index (κ2) is 8.63. The lowest BCUT2D eigenvalue weighted by Crippen LogP contribution is -1.98. The Labute approximate surface area is 196 Å². The molecule has 0 heterocycles. The zero-order valence-electron chi connectivity index (χ0n) is 17.8. The van der Waals surface area contributed by atoms with E-state index in [1.165, 1.54) is 24.3 Å². The molecule has 6 N–H and O–H groups in total. The van der Waals surface area contributed by atoms with Crippen LogP contribution in [0.1, 0.15) is 16.7 Å². The number of hydrogen-bond donors (Lipinski definition) is 4. The molecule has 0 atom stereocenters. The van der Waals surface area contributed by atoms with Crippen LogP contribution in [-0.4, -0.2) is 10.2 Å². The SMILES string of the molecule is C#Cc1cc(C#C)c2c(Oc3ccc(N)c(O)c3)ccc(C#C)c2c1Oc1ccc(N)c(O)c1. The summed E-state index contributed by atoms with van der Waals surface area (Å²) in [6.45, 7) is 0. The quantitative estimate of drug-likeness (QED) is 0.201. The molecule has 4 aromatic carbocycles. The molecule has 6 nitrogen and oxygen atoms in total. The second-order valence-corrected chi connectivity index (χ2v) is 7.24. The molecule has 0 spiro atoms. The van der Waals surface area contributed by atoms with Crippen molar-refractivity contribution in [3.05, 3.63) is 71.3 Å². The third kappa shape index (κ3) is 3.82. The van der Waals surface area contributed by atoms with Crippen molar-refractivity contribution in [3.63, 3.8) is 0 Å². The predicted octanol–water partition coefficient (Wildman–Crippen LogP) is 4.94. The number of nitrogens with two attached hydrogens (primary N) is 2. The second-order valence-electron chi connectivity index (χ2n) is 7.24. The van der Waals surface area contributed by atoms with Gasteiger partial charge in [-0.15, -0.1) is 19.3 Å². The van der Waals surface area contributed by atoms with E-state index >= 15 is 0 Å². The number of rotatable bonds is 4. The Kier molecular flexibility index (Phi) is 5.54. The summed E-state index contributed by atoms with van der Waals surface area (Å²) in [6, 6.07) is 13.9. The van der Waals surface area contributed by atoms with Crippen molar-refractivity contribution in [3.8, 4) is 71.5 Å². The van der Waals surface area contributed by atoms with Crippen LogP contribution in [-0.2, 0) is 0 Å². The van der Waals surface area contributed by atoms with Gasteiger partial charge in [-0.2, -0.15) is 0 Å². The maximum atomic E-state index is 10.00. The number of fused-ring (bicyclic) bond motifs is 1. The lowest BCUT2D eigenvalue weighted by Gasteiger charge is -2.18. The minimum Gasteiger partial charge on any atom is -0.506 e. The highest BCUT2D eigenvalue weighted by atomic mass is 16.5. The average molecular weight is 446 g/mol. The van der Waals surface area contributed by atoms with Crippen LogP contribution in [0.3, 0.4) is 0 Å². The number of terminal acetylenes is 3. The van der Waals surface area contributed by atoms with E-state index in [-0.39, 0.29) is 34.4 Å². The maximum absolute atomic E-state index is 10.00. The van der Waals surface area contributed by atoms with Crippen molar-refractivity contribution < 1.29 is 19.7 Å². The van der Waals surface area contributed by atoms with Crippen molar-refractivity contribution >= 4 is 22.1 Å². The van der Waals surface area contributed by atoms with Gasteiger partial charge in [-0.05, 0) is 42.5 Å².